The average Bonchev–Trinajstić information content (AvgIpc) is 2.93. The molecule has 1 saturated carbocycles. The fourth-order valence-corrected chi connectivity index (χ4v) is 2.42. The molecule has 2 N–H and O–H groups in total. The van der Waals surface area contributed by atoms with Gasteiger partial charge in [-0.15, -0.1) is 0 Å². The minimum absolute atomic E-state index is 0. The van der Waals surface area contributed by atoms with E-state index in [2.05, 4.69) is 18.7 Å². The predicted molar refractivity (Wildman–Crippen MR) is 77.5 cm³/mol. The van der Waals surface area contributed by atoms with Crippen molar-refractivity contribution in [2.75, 3.05) is 19.7 Å². The molecule has 1 aliphatic carbocycles. The van der Waals surface area contributed by atoms with Gasteiger partial charge in [0, 0.05) is 10.0 Å². The monoisotopic (exact) mass is 359 g/mol. The Morgan fingerprint density at radius 3 is 2.20 bits per heavy atom. The third-order valence-corrected chi connectivity index (χ3v) is 3.38. The molecule has 2 aliphatic rings. The Hall–Kier alpha value is 0.0135. The van der Waals surface area contributed by atoms with Gasteiger partial charge in [-0.2, -0.15) is 11.8 Å². The molecular formula is C14H17Cl2NNiO2. The number of hydrogen-bond acceptors (Lipinski definition) is 3. The van der Waals surface area contributed by atoms with Crippen LogP contribution in [0.2, 0.25) is 10.0 Å². The summed E-state index contributed by atoms with van der Waals surface area (Å²) in [5, 5.41) is 13.1. The van der Waals surface area contributed by atoms with E-state index >= 15 is 0 Å². The number of fused-ring (bicyclic) bond motifs is 1. The number of ether oxygens (including phenoxy) is 1. The minimum Gasteiger partial charge on any atom is -0.494 e. The Labute approximate surface area is 139 Å². The molecule has 1 heterocycles. The third kappa shape index (κ3) is 6.19. The summed E-state index contributed by atoms with van der Waals surface area (Å²) in [6, 6.07) is 4.85. The van der Waals surface area contributed by atoms with Crippen LogP contribution in [-0.2, 0) is 16.5 Å². The maximum Gasteiger partial charge on any atom is 2.00 e. The van der Waals surface area contributed by atoms with Gasteiger partial charge in [-0.05, 0) is 37.4 Å². The van der Waals surface area contributed by atoms with Gasteiger partial charge in [0.2, 0.25) is 0 Å². The quantitative estimate of drug-likeness (QED) is 0.643. The van der Waals surface area contributed by atoms with Crippen molar-refractivity contribution >= 4 is 23.2 Å². The molecule has 114 valence electrons. The second-order valence-electron chi connectivity index (χ2n) is 4.75. The number of halogens is 2. The van der Waals surface area contributed by atoms with Gasteiger partial charge in [-0.1, -0.05) is 23.2 Å². The molecule has 0 aromatic heterocycles. The average molecular weight is 361 g/mol. The summed E-state index contributed by atoms with van der Waals surface area (Å²) in [6.45, 7) is 5.99. The maximum absolute atomic E-state index is 8.85. The van der Waals surface area contributed by atoms with Gasteiger partial charge in [0.25, 0.3) is 0 Å². The van der Waals surface area contributed by atoms with E-state index in [0.717, 1.165) is 11.8 Å². The van der Waals surface area contributed by atoms with Gasteiger partial charge in [0.05, 0.1) is 6.61 Å². The zero-order chi connectivity index (χ0) is 13.8. The van der Waals surface area contributed by atoms with E-state index in [9.17, 15) is 0 Å². The fourth-order valence-electron chi connectivity index (χ4n) is 1.91. The fraction of sp³-hybridized carbons (Fsp3) is 0.429. The molecule has 1 aromatic carbocycles. The first-order valence-corrected chi connectivity index (χ1v) is 6.96. The van der Waals surface area contributed by atoms with Crippen molar-refractivity contribution in [3.8, 4) is 5.75 Å². The molecule has 0 radical (unpaired) electrons. The smallest absolute Gasteiger partial charge is 0.494 e. The Morgan fingerprint density at radius 2 is 1.85 bits per heavy atom. The van der Waals surface area contributed by atoms with Gasteiger partial charge < -0.3 is 28.5 Å². The summed E-state index contributed by atoms with van der Waals surface area (Å²) in [4.78, 5) is 0. The van der Waals surface area contributed by atoms with Crippen molar-refractivity contribution in [3.05, 3.63) is 41.6 Å². The van der Waals surface area contributed by atoms with Crippen molar-refractivity contribution in [2.45, 2.75) is 6.10 Å². The van der Waals surface area contributed by atoms with Gasteiger partial charge in [-0.25, -0.2) is 0 Å². The molecule has 1 unspecified atom stereocenters. The van der Waals surface area contributed by atoms with E-state index in [1.807, 2.05) is 0 Å². The van der Waals surface area contributed by atoms with Crippen LogP contribution < -0.4 is 10.1 Å². The Kier molecular flexibility index (Phi) is 7.64. The van der Waals surface area contributed by atoms with Crippen molar-refractivity contribution in [1.29, 1.82) is 0 Å². The molecule has 1 aliphatic heterocycles. The van der Waals surface area contributed by atoms with Crippen molar-refractivity contribution in [3.63, 3.8) is 0 Å². The van der Waals surface area contributed by atoms with E-state index in [-0.39, 0.29) is 23.1 Å². The van der Waals surface area contributed by atoms with Crippen LogP contribution in [0.15, 0.2) is 18.2 Å². The summed E-state index contributed by atoms with van der Waals surface area (Å²) in [7, 11) is 0. The van der Waals surface area contributed by atoms with Crippen molar-refractivity contribution in [2.24, 2.45) is 11.8 Å². The summed E-state index contributed by atoms with van der Waals surface area (Å²) >= 11 is 11.4. The van der Waals surface area contributed by atoms with E-state index in [1.165, 1.54) is 13.1 Å². The molecule has 3 atom stereocenters. The van der Waals surface area contributed by atoms with E-state index < -0.39 is 6.10 Å². The molecular weight excluding hydrogens is 344 g/mol. The van der Waals surface area contributed by atoms with Crippen LogP contribution in [0.1, 0.15) is 0 Å². The minimum atomic E-state index is -0.752. The Balaban J connectivity index is 0.000000236. The first-order chi connectivity index (χ1) is 9.04. The normalized spacial score (nSPS) is 23.8. The zero-order valence-electron chi connectivity index (χ0n) is 10.8. The molecule has 20 heavy (non-hydrogen) atoms. The third-order valence-electron chi connectivity index (χ3n) is 2.94. The van der Waals surface area contributed by atoms with Gasteiger partial charge in [0.1, 0.15) is 5.75 Å². The summed E-state index contributed by atoms with van der Waals surface area (Å²) < 4.78 is 5.15. The van der Waals surface area contributed by atoms with Gasteiger partial charge in [-0.3, -0.25) is 0 Å². The van der Waals surface area contributed by atoms with E-state index in [4.69, 9.17) is 33.0 Å². The predicted octanol–water partition coefficient (Wildman–Crippen LogP) is 2.60. The van der Waals surface area contributed by atoms with Gasteiger partial charge in [0.15, 0.2) is 0 Å². The second-order valence-corrected chi connectivity index (χ2v) is 5.62. The molecule has 2 fully saturated rings. The molecule has 3 rings (SSSR count). The van der Waals surface area contributed by atoms with Crippen LogP contribution in [0.25, 0.3) is 0 Å². The number of hydrogen-bond donors (Lipinski definition) is 2. The number of aliphatic hydroxyl groups excluding tert-OH is 1. The largest absolute Gasteiger partial charge is 2.00 e. The number of nitrogens with one attached hydrogen (secondary N) is 1. The van der Waals surface area contributed by atoms with E-state index in [0.29, 0.717) is 15.8 Å². The number of rotatable bonds is 3. The SMILES string of the molecule is [CH-]1[C@@H]2CNC[C@H]12.[CH2-]C(O)COc1cc(Cl)cc(Cl)c1.[Ni+2]. The molecule has 0 bridgehead atoms. The molecule has 0 amide bonds. The van der Waals surface area contributed by atoms with Crippen LogP contribution in [0.4, 0.5) is 0 Å². The summed E-state index contributed by atoms with van der Waals surface area (Å²) in [6.07, 6.45) is 1.66. The van der Waals surface area contributed by atoms with Crippen LogP contribution in [0, 0.1) is 25.2 Å². The summed E-state index contributed by atoms with van der Waals surface area (Å²) in [5.74, 6) is 2.48. The maximum atomic E-state index is 8.85. The van der Waals surface area contributed by atoms with Crippen LogP contribution >= 0.6 is 23.2 Å². The topological polar surface area (TPSA) is 41.5 Å². The van der Waals surface area contributed by atoms with Gasteiger partial charge >= 0.3 is 16.5 Å². The Morgan fingerprint density at radius 1 is 1.30 bits per heavy atom. The number of piperidine rings is 1. The summed E-state index contributed by atoms with van der Waals surface area (Å²) in [5.41, 5.74) is 0. The molecule has 1 saturated heterocycles. The molecule has 1 aromatic rings. The molecule has 0 spiro atoms. The van der Waals surface area contributed by atoms with E-state index in [1.54, 1.807) is 18.2 Å². The molecule has 6 heteroatoms. The Bertz CT molecular complexity index is 403. The van der Waals surface area contributed by atoms with Crippen molar-refractivity contribution < 1.29 is 26.3 Å². The van der Waals surface area contributed by atoms with Crippen LogP contribution in [0.5, 0.6) is 5.75 Å². The van der Waals surface area contributed by atoms with Crippen molar-refractivity contribution in [1.82, 2.24) is 5.32 Å². The van der Waals surface area contributed by atoms with Crippen LogP contribution in [0.3, 0.4) is 0 Å². The first-order valence-electron chi connectivity index (χ1n) is 6.20. The second kappa shape index (κ2) is 8.45. The van der Waals surface area contributed by atoms with Crippen LogP contribution in [-0.4, -0.2) is 30.9 Å². The first kappa shape index (κ1) is 18.1. The zero-order valence-corrected chi connectivity index (χ0v) is 13.3. The number of benzene rings is 1. The number of aliphatic hydroxyl groups is 1. The standard InChI is InChI=1S/C9H9Cl2O2.C5H8N.Ni/c1-6(12)5-13-9-3-7(10)2-8(11)4-9;1-4-2-6-3-5(1)4;/h2-4,6,12H,1,5H2;1,4-6H,2-3H2;/q2*-1;+2/t;4-,5+;. The molecule has 3 nitrogen and oxygen atoms in total.